The lowest BCUT2D eigenvalue weighted by Crippen LogP contribution is -2.42. The van der Waals surface area contributed by atoms with Gasteiger partial charge in [-0.25, -0.2) is 4.98 Å². The molecule has 1 heterocycles. The fourth-order valence-electron chi connectivity index (χ4n) is 2.78. The molecule has 1 atom stereocenters. The molecule has 0 bridgehead atoms. The van der Waals surface area contributed by atoms with E-state index in [1.165, 1.54) is 0 Å². The van der Waals surface area contributed by atoms with Gasteiger partial charge in [-0.05, 0) is 31.6 Å². The lowest BCUT2D eigenvalue weighted by atomic mass is 9.75. The molecule has 1 aromatic heterocycles. The first-order valence-corrected chi connectivity index (χ1v) is 6.21. The Hall–Kier alpha value is -0.830. The summed E-state index contributed by atoms with van der Waals surface area (Å²) in [6.07, 6.45) is 7.62. The molecule has 1 aliphatic carbocycles. The summed E-state index contributed by atoms with van der Waals surface area (Å²) in [6, 6.07) is 0. The summed E-state index contributed by atoms with van der Waals surface area (Å²) in [5.41, 5.74) is -0.567. The Labute approximate surface area is 97.5 Å². The first kappa shape index (κ1) is 11.6. The van der Waals surface area contributed by atoms with Crippen LogP contribution >= 0.6 is 0 Å². The van der Waals surface area contributed by atoms with Gasteiger partial charge < -0.3 is 9.67 Å². The third-order valence-corrected chi connectivity index (χ3v) is 4.24. The molecule has 1 aliphatic rings. The highest BCUT2D eigenvalue weighted by Gasteiger charge is 2.47. The van der Waals surface area contributed by atoms with E-state index >= 15 is 0 Å². The van der Waals surface area contributed by atoms with E-state index in [1.54, 1.807) is 0 Å². The van der Waals surface area contributed by atoms with Gasteiger partial charge in [0.2, 0.25) is 0 Å². The van der Waals surface area contributed by atoms with Crippen molar-refractivity contribution < 1.29 is 5.11 Å². The molecular weight excluding hydrogens is 200 g/mol. The molecule has 1 aromatic rings. The molecule has 16 heavy (non-hydrogen) atoms. The monoisotopic (exact) mass is 222 g/mol. The van der Waals surface area contributed by atoms with Crippen molar-refractivity contribution in [1.82, 2.24) is 9.55 Å². The minimum Gasteiger partial charge on any atom is -0.389 e. The van der Waals surface area contributed by atoms with Crippen LogP contribution in [0.2, 0.25) is 0 Å². The standard InChI is InChI=1S/C13H22N2O/c1-4-15-9-8-14-11(15)10-13(16)7-5-6-12(13,2)3/h8-9,16H,4-7,10H2,1-3H3. The second-order valence-corrected chi connectivity index (χ2v) is 5.58. The van der Waals surface area contributed by atoms with Crippen molar-refractivity contribution >= 4 is 0 Å². The first-order chi connectivity index (χ1) is 7.48. The number of aryl methyl sites for hydroxylation is 1. The maximum atomic E-state index is 10.8. The Morgan fingerprint density at radius 2 is 2.19 bits per heavy atom. The maximum Gasteiger partial charge on any atom is 0.111 e. The number of hydrogen-bond acceptors (Lipinski definition) is 2. The second-order valence-electron chi connectivity index (χ2n) is 5.58. The van der Waals surface area contributed by atoms with E-state index in [1.807, 2.05) is 12.4 Å². The summed E-state index contributed by atoms with van der Waals surface area (Å²) in [5, 5.41) is 10.8. The maximum absolute atomic E-state index is 10.8. The van der Waals surface area contributed by atoms with Crippen LogP contribution in [-0.4, -0.2) is 20.3 Å². The summed E-state index contributed by atoms with van der Waals surface area (Å²) < 4.78 is 2.12. The van der Waals surface area contributed by atoms with Gasteiger partial charge in [-0.3, -0.25) is 0 Å². The van der Waals surface area contributed by atoms with Gasteiger partial charge in [-0.2, -0.15) is 0 Å². The van der Waals surface area contributed by atoms with Crippen LogP contribution in [0.5, 0.6) is 0 Å². The Morgan fingerprint density at radius 1 is 1.44 bits per heavy atom. The Balaban J connectivity index is 2.21. The molecule has 1 N–H and O–H groups in total. The lowest BCUT2D eigenvalue weighted by Gasteiger charge is -2.36. The van der Waals surface area contributed by atoms with Gasteiger partial charge >= 0.3 is 0 Å². The highest BCUT2D eigenvalue weighted by Crippen LogP contribution is 2.47. The summed E-state index contributed by atoms with van der Waals surface area (Å²) in [7, 11) is 0. The Bertz CT molecular complexity index is 370. The van der Waals surface area contributed by atoms with Crippen LogP contribution in [0.25, 0.3) is 0 Å². The first-order valence-electron chi connectivity index (χ1n) is 6.21. The molecule has 0 saturated heterocycles. The van der Waals surface area contributed by atoms with Crippen molar-refractivity contribution in [3.05, 3.63) is 18.2 Å². The van der Waals surface area contributed by atoms with E-state index in [0.29, 0.717) is 6.42 Å². The topological polar surface area (TPSA) is 38.0 Å². The predicted molar refractivity (Wildman–Crippen MR) is 64.2 cm³/mol. The summed E-state index contributed by atoms with van der Waals surface area (Å²) in [5.74, 6) is 1.01. The molecule has 0 aromatic carbocycles. The van der Waals surface area contributed by atoms with Gasteiger partial charge in [0.05, 0.1) is 5.60 Å². The van der Waals surface area contributed by atoms with Crippen molar-refractivity contribution in [3.8, 4) is 0 Å². The normalized spacial score (nSPS) is 28.5. The number of nitrogens with zero attached hydrogens (tertiary/aromatic N) is 2. The highest BCUT2D eigenvalue weighted by atomic mass is 16.3. The van der Waals surface area contributed by atoms with Crippen LogP contribution in [0.4, 0.5) is 0 Å². The van der Waals surface area contributed by atoms with Gasteiger partial charge in [0.25, 0.3) is 0 Å². The number of rotatable bonds is 3. The molecule has 90 valence electrons. The summed E-state index contributed by atoms with van der Waals surface area (Å²) in [4.78, 5) is 4.36. The Kier molecular flexibility index (Phi) is 2.82. The van der Waals surface area contributed by atoms with Gasteiger partial charge in [0.15, 0.2) is 0 Å². The van der Waals surface area contributed by atoms with E-state index < -0.39 is 5.60 Å². The van der Waals surface area contributed by atoms with Crippen molar-refractivity contribution in [1.29, 1.82) is 0 Å². The largest absolute Gasteiger partial charge is 0.389 e. The number of hydrogen-bond donors (Lipinski definition) is 1. The lowest BCUT2D eigenvalue weighted by molar-refractivity contribution is -0.0439. The summed E-state index contributed by atoms with van der Waals surface area (Å²) >= 11 is 0. The zero-order valence-electron chi connectivity index (χ0n) is 10.5. The molecule has 3 heteroatoms. The number of aliphatic hydroxyl groups is 1. The molecule has 1 fully saturated rings. The molecule has 0 aliphatic heterocycles. The van der Waals surface area contributed by atoms with Crippen molar-refractivity contribution in [2.45, 2.75) is 58.6 Å². The van der Waals surface area contributed by atoms with Crippen LogP contribution in [0.3, 0.4) is 0 Å². The predicted octanol–water partition coefficient (Wildman–Crippen LogP) is 2.39. The van der Waals surface area contributed by atoms with Crippen molar-refractivity contribution in [2.24, 2.45) is 5.41 Å². The third-order valence-electron chi connectivity index (χ3n) is 4.24. The molecule has 0 radical (unpaired) electrons. The minimum absolute atomic E-state index is 0.0114. The fraction of sp³-hybridized carbons (Fsp3) is 0.769. The van der Waals surface area contributed by atoms with Gasteiger partial charge in [0, 0.05) is 25.4 Å². The van der Waals surface area contributed by atoms with E-state index in [4.69, 9.17) is 0 Å². The van der Waals surface area contributed by atoms with E-state index in [9.17, 15) is 5.11 Å². The minimum atomic E-state index is -0.578. The average molecular weight is 222 g/mol. The molecule has 3 nitrogen and oxygen atoms in total. The smallest absolute Gasteiger partial charge is 0.111 e. The zero-order chi connectivity index (χ0) is 11.8. The molecule has 1 saturated carbocycles. The molecule has 0 amide bonds. The molecule has 2 rings (SSSR count). The fourth-order valence-corrected chi connectivity index (χ4v) is 2.78. The van der Waals surface area contributed by atoms with Crippen molar-refractivity contribution in [3.63, 3.8) is 0 Å². The number of imidazole rings is 1. The van der Waals surface area contributed by atoms with Crippen LogP contribution in [0, 0.1) is 5.41 Å². The van der Waals surface area contributed by atoms with Crippen molar-refractivity contribution in [2.75, 3.05) is 0 Å². The van der Waals surface area contributed by atoms with Crippen LogP contribution < -0.4 is 0 Å². The van der Waals surface area contributed by atoms with E-state index in [2.05, 4.69) is 30.3 Å². The second kappa shape index (κ2) is 3.88. The average Bonchev–Trinajstić information content (AvgIpc) is 2.73. The van der Waals surface area contributed by atoms with Gasteiger partial charge in [0.1, 0.15) is 5.82 Å². The highest BCUT2D eigenvalue weighted by molar-refractivity contribution is 5.06. The van der Waals surface area contributed by atoms with Gasteiger partial charge in [-0.1, -0.05) is 13.8 Å². The quantitative estimate of drug-likeness (QED) is 0.852. The summed E-state index contributed by atoms with van der Waals surface area (Å²) in [6.45, 7) is 7.36. The van der Waals surface area contributed by atoms with Crippen LogP contribution in [0.15, 0.2) is 12.4 Å². The SMILES string of the molecule is CCn1ccnc1CC1(O)CCCC1(C)C. The Morgan fingerprint density at radius 3 is 2.75 bits per heavy atom. The number of aromatic nitrogens is 2. The van der Waals surface area contributed by atoms with Crippen LogP contribution in [0.1, 0.15) is 45.9 Å². The molecule has 0 spiro atoms. The third kappa shape index (κ3) is 1.77. The van der Waals surface area contributed by atoms with E-state index in [-0.39, 0.29) is 5.41 Å². The zero-order valence-corrected chi connectivity index (χ0v) is 10.5. The van der Waals surface area contributed by atoms with E-state index in [0.717, 1.165) is 31.6 Å². The molecular formula is C13H22N2O. The van der Waals surface area contributed by atoms with Gasteiger partial charge in [-0.15, -0.1) is 0 Å². The van der Waals surface area contributed by atoms with Crippen LogP contribution in [-0.2, 0) is 13.0 Å². The molecule has 1 unspecified atom stereocenters.